The van der Waals surface area contributed by atoms with Gasteiger partial charge in [0.25, 0.3) is 0 Å². The molecule has 0 aromatic rings. The van der Waals surface area contributed by atoms with Gasteiger partial charge in [-0.1, -0.05) is 32.3 Å². The van der Waals surface area contributed by atoms with Crippen molar-refractivity contribution in [2.45, 2.75) is 58.2 Å². The van der Waals surface area contributed by atoms with Gasteiger partial charge in [-0.25, -0.2) is 0 Å². The Kier molecular flexibility index (Phi) is 3.62. The van der Waals surface area contributed by atoms with E-state index in [-0.39, 0.29) is 17.3 Å². The molecule has 0 bridgehead atoms. The van der Waals surface area contributed by atoms with Gasteiger partial charge >= 0.3 is 5.97 Å². The van der Waals surface area contributed by atoms with Crippen molar-refractivity contribution >= 4 is 5.97 Å². The molecule has 4 aliphatic rings. The van der Waals surface area contributed by atoms with Crippen molar-refractivity contribution in [2.24, 2.45) is 23.2 Å². The molecule has 1 heterocycles. The third-order valence-corrected chi connectivity index (χ3v) is 6.25. The fourth-order valence-corrected chi connectivity index (χ4v) is 4.90. The molecule has 1 aliphatic heterocycles. The van der Waals surface area contributed by atoms with Gasteiger partial charge in [-0.2, -0.15) is 0 Å². The first-order chi connectivity index (χ1) is 11.0. The second-order valence-corrected chi connectivity index (χ2v) is 8.56. The zero-order chi connectivity index (χ0) is 16.2. The Balaban J connectivity index is 1.58. The first-order valence-corrected chi connectivity index (χ1v) is 9.04. The van der Waals surface area contributed by atoms with Gasteiger partial charge < -0.3 is 14.2 Å². The average molecular weight is 320 g/mol. The lowest BCUT2D eigenvalue weighted by Crippen LogP contribution is -2.39. The second kappa shape index (κ2) is 5.32. The average Bonchev–Trinajstić information content (AvgIpc) is 3.12. The molecule has 3 atom stereocenters. The summed E-state index contributed by atoms with van der Waals surface area (Å²) in [7, 11) is 1.51. The van der Waals surface area contributed by atoms with Gasteiger partial charge in [-0.05, 0) is 36.7 Å². The largest absolute Gasteiger partial charge is 0.469 e. The number of carbonyl (C=O) groups excluding carboxylic acids is 1. The Hall–Kier alpha value is -0.870. The van der Waals surface area contributed by atoms with Gasteiger partial charge in [0.05, 0.1) is 26.2 Å². The van der Waals surface area contributed by atoms with Crippen LogP contribution in [0.5, 0.6) is 0 Å². The van der Waals surface area contributed by atoms with E-state index in [1.54, 1.807) is 0 Å². The van der Waals surface area contributed by atoms with E-state index in [1.165, 1.54) is 37.5 Å². The lowest BCUT2D eigenvalue weighted by atomic mass is 9.77. The van der Waals surface area contributed by atoms with E-state index in [0.717, 1.165) is 32.5 Å². The lowest BCUT2D eigenvalue weighted by Gasteiger charge is -2.35. The van der Waals surface area contributed by atoms with Crippen molar-refractivity contribution in [1.82, 2.24) is 0 Å². The Bertz CT molecular complexity index is 538. The summed E-state index contributed by atoms with van der Waals surface area (Å²) >= 11 is 0. The molecular formula is C19H28O4. The Morgan fingerprint density at radius 2 is 1.87 bits per heavy atom. The first-order valence-electron chi connectivity index (χ1n) is 9.04. The molecule has 3 aliphatic carbocycles. The molecule has 1 saturated heterocycles. The predicted molar refractivity (Wildman–Crippen MR) is 85.6 cm³/mol. The van der Waals surface area contributed by atoms with Crippen molar-refractivity contribution < 1.29 is 19.0 Å². The fraction of sp³-hybridized carbons (Fsp3) is 0.842. The minimum absolute atomic E-state index is 0.0289. The summed E-state index contributed by atoms with van der Waals surface area (Å²) in [6, 6.07) is 0. The van der Waals surface area contributed by atoms with Crippen molar-refractivity contribution in [3.8, 4) is 0 Å². The van der Waals surface area contributed by atoms with Crippen LogP contribution in [-0.4, -0.2) is 32.1 Å². The van der Waals surface area contributed by atoms with Crippen LogP contribution in [-0.2, 0) is 19.0 Å². The van der Waals surface area contributed by atoms with Gasteiger partial charge in [-0.15, -0.1) is 0 Å². The maximum Gasteiger partial charge on any atom is 0.309 e. The first kappa shape index (κ1) is 15.6. The molecule has 1 spiro atoms. The van der Waals surface area contributed by atoms with Gasteiger partial charge in [0.15, 0.2) is 5.79 Å². The van der Waals surface area contributed by atoms with Crippen LogP contribution in [0.4, 0.5) is 0 Å². The molecule has 0 aromatic carbocycles. The minimum atomic E-state index is -0.447. The van der Waals surface area contributed by atoms with Crippen LogP contribution in [0.1, 0.15) is 52.4 Å². The van der Waals surface area contributed by atoms with Gasteiger partial charge in [0.2, 0.25) is 0 Å². The zero-order valence-corrected chi connectivity index (χ0v) is 14.5. The summed E-state index contributed by atoms with van der Waals surface area (Å²) in [6.07, 6.45) is 6.63. The van der Waals surface area contributed by atoms with Crippen molar-refractivity contribution in [2.75, 3.05) is 20.3 Å². The number of carbonyl (C=O) groups is 1. The van der Waals surface area contributed by atoms with E-state index in [0.29, 0.717) is 11.8 Å². The molecule has 4 rings (SSSR count). The summed E-state index contributed by atoms with van der Waals surface area (Å²) in [5.41, 5.74) is 2.91. The molecule has 0 unspecified atom stereocenters. The number of methoxy groups -OCH3 is 1. The van der Waals surface area contributed by atoms with Gasteiger partial charge in [0.1, 0.15) is 0 Å². The van der Waals surface area contributed by atoms with E-state index in [1.807, 2.05) is 0 Å². The highest BCUT2D eigenvalue weighted by molar-refractivity contribution is 5.74. The molecule has 4 fully saturated rings. The zero-order valence-electron chi connectivity index (χ0n) is 14.5. The van der Waals surface area contributed by atoms with Crippen LogP contribution >= 0.6 is 0 Å². The van der Waals surface area contributed by atoms with E-state index in [4.69, 9.17) is 14.2 Å². The lowest BCUT2D eigenvalue weighted by molar-refractivity contribution is -0.233. The molecular weight excluding hydrogens is 292 g/mol. The fourth-order valence-electron chi connectivity index (χ4n) is 4.90. The predicted octanol–water partition coefficient (Wildman–Crippen LogP) is 3.46. The van der Waals surface area contributed by atoms with E-state index in [2.05, 4.69) is 13.8 Å². The molecule has 0 amide bonds. The maximum absolute atomic E-state index is 12.2. The van der Waals surface area contributed by atoms with Gasteiger partial charge in [-0.3, -0.25) is 4.79 Å². The normalized spacial score (nSPS) is 40.7. The standard InChI is InChI=1S/C19H28O4/c1-18(2)10-22-19(23-11-18)9-16(19)14-8-15(17(20)21-3)13-7-5-4-6-12(13)14/h12-13,15H,4-11H2,1-3H3/b16-14-/t12-,13+,15+/m0/s1. The summed E-state index contributed by atoms with van der Waals surface area (Å²) in [5, 5.41) is 0. The Labute approximate surface area is 138 Å². The van der Waals surface area contributed by atoms with Crippen LogP contribution in [0.15, 0.2) is 11.1 Å². The van der Waals surface area contributed by atoms with E-state index >= 15 is 0 Å². The summed E-state index contributed by atoms with van der Waals surface area (Å²) in [4.78, 5) is 12.2. The number of hydrogen-bond acceptors (Lipinski definition) is 4. The molecule has 3 saturated carbocycles. The maximum atomic E-state index is 12.2. The number of esters is 1. The summed E-state index contributed by atoms with van der Waals surface area (Å²) in [6.45, 7) is 5.85. The molecule has 4 heteroatoms. The van der Waals surface area contributed by atoms with Crippen LogP contribution in [0.3, 0.4) is 0 Å². The smallest absolute Gasteiger partial charge is 0.309 e. The number of fused-ring (bicyclic) bond motifs is 1. The van der Waals surface area contributed by atoms with Crippen LogP contribution in [0.25, 0.3) is 0 Å². The molecule has 23 heavy (non-hydrogen) atoms. The monoisotopic (exact) mass is 320 g/mol. The Morgan fingerprint density at radius 1 is 1.17 bits per heavy atom. The number of ether oxygens (including phenoxy) is 3. The second-order valence-electron chi connectivity index (χ2n) is 8.56. The molecule has 128 valence electrons. The van der Waals surface area contributed by atoms with Crippen molar-refractivity contribution in [3.63, 3.8) is 0 Å². The third-order valence-electron chi connectivity index (χ3n) is 6.25. The molecule has 4 nitrogen and oxygen atoms in total. The highest BCUT2D eigenvalue weighted by Gasteiger charge is 2.59. The number of allylic oxidation sites excluding steroid dienone is 1. The van der Waals surface area contributed by atoms with Crippen molar-refractivity contribution in [3.05, 3.63) is 11.1 Å². The number of rotatable bonds is 1. The summed E-state index contributed by atoms with van der Waals surface area (Å²) < 4.78 is 17.3. The third kappa shape index (κ3) is 2.54. The SMILES string of the molecule is COC(=O)[C@@H]1C/C(=C2\CC23OCC(C)(C)CO3)[C@H]2CCCC[C@H]21. The topological polar surface area (TPSA) is 44.8 Å². The van der Waals surface area contributed by atoms with Gasteiger partial charge in [0, 0.05) is 11.8 Å². The van der Waals surface area contributed by atoms with Crippen molar-refractivity contribution in [1.29, 1.82) is 0 Å². The molecule has 0 N–H and O–H groups in total. The highest BCUT2D eigenvalue weighted by atomic mass is 16.7. The quantitative estimate of drug-likeness (QED) is 0.548. The minimum Gasteiger partial charge on any atom is -0.469 e. The Morgan fingerprint density at radius 3 is 2.57 bits per heavy atom. The van der Waals surface area contributed by atoms with E-state index in [9.17, 15) is 4.79 Å². The molecule has 0 aromatic heterocycles. The van der Waals surface area contributed by atoms with E-state index < -0.39 is 5.79 Å². The summed E-state index contributed by atoms with van der Waals surface area (Å²) in [5.74, 6) is 0.586. The van der Waals surface area contributed by atoms with Crippen LogP contribution < -0.4 is 0 Å². The van der Waals surface area contributed by atoms with Crippen LogP contribution in [0, 0.1) is 23.2 Å². The van der Waals surface area contributed by atoms with Crippen LogP contribution in [0.2, 0.25) is 0 Å². The highest BCUT2D eigenvalue weighted by Crippen LogP contribution is 2.59. The number of hydrogen-bond donors (Lipinski definition) is 0. The molecule has 0 radical (unpaired) electrons.